The average molecular weight is 450 g/mol. The van der Waals surface area contributed by atoms with E-state index in [0.29, 0.717) is 29.1 Å². The molecule has 9 heteroatoms. The summed E-state index contributed by atoms with van der Waals surface area (Å²) in [5.74, 6) is -1.09. The van der Waals surface area contributed by atoms with Gasteiger partial charge in [-0.1, -0.05) is 13.0 Å². The van der Waals surface area contributed by atoms with E-state index in [1.54, 1.807) is 29.7 Å². The zero-order chi connectivity index (χ0) is 23.5. The Labute approximate surface area is 188 Å². The van der Waals surface area contributed by atoms with Gasteiger partial charge in [-0.3, -0.25) is 9.59 Å². The molecule has 0 spiro atoms. The van der Waals surface area contributed by atoms with Gasteiger partial charge in [-0.05, 0) is 36.6 Å². The number of hydrogen-bond acceptors (Lipinski definition) is 7. The SMILES string of the molecule is CC[C@@]1(O)C(=O)OCc2c1cc1n(c2=O)Cc2cc3c(OC)c(CCC(=O)O)ccc3nc2-1. The monoisotopic (exact) mass is 450 g/mol. The molecular weight excluding hydrogens is 428 g/mol. The Bertz CT molecular complexity index is 1410. The normalized spacial score (nSPS) is 18.5. The van der Waals surface area contributed by atoms with E-state index in [1.165, 1.54) is 7.11 Å². The molecule has 0 fully saturated rings. The first-order valence-electron chi connectivity index (χ1n) is 10.7. The number of pyridine rings is 2. The lowest BCUT2D eigenvalue weighted by atomic mass is 9.86. The van der Waals surface area contributed by atoms with E-state index < -0.39 is 17.5 Å². The lowest BCUT2D eigenvalue weighted by Gasteiger charge is -2.31. The van der Waals surface area contributed by atoms with Crippen molar-refractivity contribution in [2.75, 3.05) is 7.11 Å². The van der Waals surface area contributed by atoms with E-state index in [-0.39, 0.29) is 42.7 Å². The first-order valence-corrected chi connectivity index (χ1v) is 10.7. The molecule has 1 atom stereocenters. The summed E-state index contributed by atoms with van der Waals surface area (Å²) < 4.78 is 12.3. The summed E-state index contributed by atoms with van der Waals surface area (Å²) in [5.41, 5.74) is 1.67. The van der Waals surface area contributed by atoms with Crippen molar-refractivity contribution in [1.82, 2.24) is 9.55 Å². The minimum absolute atomic E-state index is 0.0201. The van der Waals surface area contributed by atoms with E-state index >= 15 is 0 Å². The summed E-state index contributed by atoms with van der Waals surface area (Å²) >= 11 is 0. The third-order valence-corrected chi connectivity index (χ3v) is 6.54. The second kappa shape index (κ2) is 7.41. The molecule has 2 N–H and O–H groups in total. The summed E-state index contributed by atoms with van der Waals surface area (Å²) in [6.45, 7) is 1.76. The standard InChI is InChI=1S/C24H22N2O7/c1-3-24(31)16-9-18-20-13(10-26(18)22(29)15(16)11-33-23(24)30)8-14-17(25-20)6-4-12(21(14)32-2)5-7-19(27)28/h4,6,8-9,31H,3,5,7,10-11H2,1-2H3,(H,27,28)/t24-/m0/s1. The lowest BCUT2D eigenvalue weighted by Crippen LogP contribution is -2.44. The molecule has 0 saturated heterocycles. The molecular formula is C24H22N2O7. The van der Waals surface area contributed by atoms with Gasteiger partial charge in [-0.2, -0.15) is 0 Å². The van der Waals surface area contributed by atoms with E-state index in [0.717, 1.165) is 16.5 Å². The van der Waals surface area contributed by atoms with Crippen LogP contribution in [0.4, 0.5) is 0 Å². The van der Waals surface area contributed by atoms with Gasteiger partial charge in [0.05, 0.1) is 36.1 Å². The quantitative estimate of drug-likeness (QED) is 0.443. The number of nitrogens with zero attached hydrogens (tertiary/aromatic N) is 2. The molecule has 2 aliphatic rings. The van der Waals surface area contributed by atoms with Gasteiger partial charge in [0.1, 0.15) is 12.4 Å². The van der Waals surface area contributed by atoms with Crippen molar-refractivity contribution in [3.05, 3.63) is 56.9 Å². The van der Waals surface area contributed by atoms with Crippen LogP contribution in [0.5, 0.6) is 5.75 Å². The Balaban J connectivity index is 1.69. The number of hydrogen-bond donors (Lipinski definition) is 2. The average Bonchev–Trinajstić information content (AvgIpc) is 3.16. The van der Waals surface area contributed by atoms with Crippen LogP contribution < -0.4 is 10.3 Å². The van der Waals surface area contributed by atoms with Crippen molar-refractivity contribution in [1.29, 1.82) is 0 Å². The largest absolute Gasteiger partial charge is 0.496 e. The van der Waals surface area contributed by atoms with Gasteiger partial charge < -0.3 is 24.3 Å². The highest BCUT2D eigenvalue weighted by Gasteiger charge is 2.45. The number of carboxylic acid groups (broad SMARTS) is 1. The number of carbonyl (C=O) groups excluding carboxylic acids is 1. The summed E-state index contributed by atoms with van der Waals surface area (Å²) in [7, 11) is 1.53. The number of carboxylic acids is 1. The molecule has 9 nitrogen and oxygen atoms in total. The number of benzene rings is 1. The molecule has 2 aliphatic heterocycles. The number of methoxy groups -OCH3 is 1. The predicted molar refractivity (Wildman–Crippen MR) is 117 cm³/mol. The first-order chi connectivity index (χ1) is 15.8. The minimum Gasteiger partial charge on any atom is -0.496 e. The maximum absolute atomic E-state index is 13.3. The summed E-state index contributed by atoms with van der Waals surface area (Å²) in [4.78, 5) is 41.3. The third kappa shape index (κ3) is 3.03. The molecule has 5 rings (SSSR count). The first kappa shape index (κ1) is 21.1. The highest BCUT2D eigenvalue weighted by atomic mass is 16.6. The fourth-order valence-corrected chi connectivity index (χ4v) is 4.75. The molecule has 0 amide bonds. The molecule has 0 saturated carbocycles. The third-order valence-electron chi connectivity index (χ3n) is 6.54. The number of fused-ring (bicyclic) bond motifs is 5. The fraction of sp³-hybridized carbons (Fsp3) is 0.333. The van der Waals surface area contributed by atoms with Crippen LogP contribution in [0.25, 0.3) is 22.3 Å². The number of aryl methyl sites for hydroxylation is 1. The zero-order valence-electron chi connectivity index (χ0n) is 18.2. The van der Waals surface area contributed by atoms with Crippen molar-refractivity contribution in [3.8, 4) is 17.1 Å². The van der Waals surface area contributed by atoms with E-state index in [4.69, 9.17) is 19.6 Å². The van der Waals surface area contributed by atoms with Crippen LogP contribution in [0.1, 0.15) is 42.0 Å². The number of aliphatic carboxylic acids is 1. The van der Waals surface area contributed by atoms with Crippen LogP contribution in [0.15, 0.2) is 29.1 Å². The molecule has 4 heterocycles. The molecule has 2 aromatic heterocycles. The van der Waals surface area contributed by atoms with Crippen LogP contribution >= 0.6 is 0 Å². The van der Waals surface area contributed by atoms with Crippen LogP contribution in [0, 0.1) is 0 Å². The number of rotatable bonds is 5. The van der Waals surface area contributed by atoms with Crippen LogP contribution in [0.2, 0.25) is 0 Å². The van der Waals surface area contributed by atoms with Gasteiger partial charge in [0.15, 0.2) is 5.60 Å². The molecule has 33 heavy (non-hydrogen) atoms. The van der Waals surface area contributed by atoms with Crippen molar-refractivity contribution in [3.63, 3.8) is 0 Å². The molecule has 0 unspecified atom stereocenters. The van der Waals surface area contributed by atoms with Gasteiger partial charge in [0.25, 0.3) is 5.56 Å². The topological polar surface area (TPSA) is 128 Å². The van der Waals surface area contributed by atoms with Crippen molar-refractivity contribution < 1.29 is 29.3 Å². The van der Waals surface area contributed by atoms with Gasteiger partial charge in [-0.15, -0.1) is 0 Å². The van der Waals surface area contributed by atoms with Crippen LogP contribution in [-0.4, -0.2) is 38.8 Å². The van der Waals surface area contributed by atoms with Gasteiger partial charge in [0, 0.05) is 22.9 Å². The van der Waals surface area contributed by atoms with Gasteiger partial charge >= 0.3 is 11.9 Å². The van der Waals surface area contributed by atoms with Gasteiger partial charge in [-0.25, -0.2) is 9.78 Å². The lowest BCUT2D eigenvalue weighted by molar-refractivity contribution is -0.172. The van der Waals surface area contributed by atoms with Crippen molar-refractivity contribution in [2.24, 2.45) is 0 Å². The maximum Gasteiger partial charge on any atom is 0.343 e. The smallest absolute Gasteiger partial charge is 0.343 e. The van der Waals surface area contributed by atoms with E-state index in [9.17, 15) is 19.5 Å². The Kier molecular flexibility index (Phi) is 4.75. The number of aromatic nitrogens is 2. The molecule has 170 valence electrons. The second-order valence-corrected chi connectivity index (χ2v) is 8.32. The Morgan fingerprint density at radius 2 is 2.09 bits per heavy atom. The van der Waals surface area contributed by atoms with Crippen LogP contribution in [-0.2, 0) is 39.5 Å². The Morgan fingerprint density at radius 3 is 2.79 bits per heavy atom. The van der Waals surface area contributed by atoms with Crippen molar-refractivity contribution in [2.45, 2.75) is 44.9 Å². The highest BCUT2D eigenvalue weighted by Crippen LogP contribution is 2.40. The molecule has 1 aromatic carbocycles. The minimum atomic E-state index is -1.87. The predicted octanol–water partition coefficient (Wildman–Crippen LogP) is 2.11. The summed E-state index contributed by atoms with van der Waals surface area (Å²) in [6, 6.07) is 7.17. The Morgan fingerprint density at radius 1 is 1.30 bits per heavy atom. The summed E-state index contributed by atoms with van der Waals surface area (Å²) in [6.07, 6.45) is 0.380. The zero-order valence-corrected chi connectivity index (χ0v) is 18.2. The number of cyclic esters (lactones) is 1. The number of esters is 1. The maximum atomic E-state index is 13.3. The summed E-state index contributed by atoms with van der Waals surface area (Å²) in [5, 5.41) is 20.7. The van der Waals surface area contributed by atoms with E-state index in [1.807, 2.05) is 6.07 Å². The number of aliphatic hydroxyl groups is 1. The van der Waals surface area contributed by atoms with Crippen molar-refractivity contribution >= 4 is 22.8 Å². The Hall–Kier alpha value is -3.72. The molecule has 0 aliphatic carbocycles. The number of ether oxygens (including phenoxy) is 2. The highest BCUT2D eigenvalue weighted by molar-refractivity contribution is 5.91. The molecule has 3 aromatic rings. The second-order valence-electron chi connectivity index (χ2n) is 8.32. The fourth-order valence-electron chi connectivity index (χ4n) is 4.75. The number of carbonyl (C=O) groups is 2. The van der Waals surface area contributed by atoms with Gasteiger partial charge in [0.2, 0.25) is 0 Å². The van der Waals surface area contributed by atoms with Crippen LogP contribution in [0.3, 0.4) is 0 Å². The van der Waals surface area contributed by atoms with E-state index in [2.05, 4.69) is 0 Å². The molecule has 0 radical (unpaired) electrons. The molecule has 0 bridgehead atoms.